The van der Waals surface area contributed by atoms with Crippen LogP contribution in [0.15, 0.2) is 36.4 Å². The maximum absolute atomic E-state index is 12.3. The van der Waals surface area contributed by atoms with E-state index in [2.05, 4.69) is 15.3 Å². The van der Waals surface area contributed by atoms with Crippen molar-refractivity contribution in [2.24, 2.45) is 5.73 Å². The summed E-state index contributed by atoms with van der Waals surface area (Å²) in [6, 6.07) is 10.7. The van der Waals surface area contributed by atoms with Crippen LogP contribution < -0.4 is 11.1 Å². The summed E-state index contributed by atoms with van der Waals surface area (Å²) < 4.78 is 0. The van der Waals surface area contributed by atoms with E-state index >= 15 is 0 Å². The molecule has 0 spiro atoms. The summed E-state index contributed by atoms with van der Waals surface area (Å²) in [6.45, 7) is 3.40. The van der Waals surface area contributed by atoms with Crippen LogP contribution >= 0.6 is 11.6 Å². The van der Waals surface area contributed by atoms with Crippen molar-refractivity contribution < 1.29 is 4.79 Å². The molecule has 104 valence electrons. The number of aryl methyl sites for hydroxylation is 1. The fourth-order valence-corrected chi connectivity index (χ4v) is 1.97. The first kappa shape index (κ1) is 14.4. The minimum Gasteiger partial charge on any atom is -0.314 e. The van der Waals surface area contributed by atoms with Gasteiger partial charge < -0.3 is 5.73 Å². The SMILES string of the molecule is Cc1cc(Cl)nc(NC(=O)C(C)(N)c2ccccc2)n1. The Hall–Kier alpha value is -1.98. The van der Waals surface area contributed by atoms with E-state index < -0.39 is 11.4 Å². The smallest absolute Gasteiger partial charge is 0.251 e. The molecule has 0 fully saturated rings. The lowest BCUT2D eigenvalue weighted by Crippen LogP contribution is -2.45. The summed E-state index contributed by atoms with van der Waals surface area (Å²) in [4.78, 5) is 20.3. The van der Waals surface area contributed by atoms with Crippen LogP contribution in [-0.2, 0) is 10.3 Å². The first-order valence-corrected chi connectivity index (χ1v) is 6.44. The van der Waals surface area contributed by atoms with Crippen molar-refractivity contribution >= 4 is 23.5 Å². The van der Waals surface area contributed by atoms with Gasteiger partial charge in [-0.1, -0.05) is 41.9 Å². The van der Waals surface area contributed by atoms with E-state index in [1.807, 2.05) is 18.2 Å². The number of nitrogens with two attached hydrogens (primary N) is 1. The molecule has 1 amide bonds. The van der Waals surface area contributed by atoms with Crippen LogP contribution in [0.25, 0.3) is 0 Å². The van der Waals surface area contributed by atoms with Gasteiger partial charge in [-0.2, -0.15) is 0 Å². The first-order chi connectivity index (χ1) is 9.39. The topological polar surface area (TPSA) is 80.9 Å². The van der Waals surface area contributed by atoms with Gasteiger partial charge in [0.15, 0.2) is 0 Å². The van der Waals surface area contributed by atoms with E-state index in [1.165, 1.54) is 0 Å². The van der Waals surface area contributed by atoms with Crippen molar-refractivity contribution in [2.75, 3.05) is 5.32 Å². The summed E-state index contributed by atoms with van der Waals surface area (Å²) in [5.74, 6) is -0.252. The van der Waals surface area contributed by atoms with E-state index in [0.717, 1.165) is 0 Å². The van der Waals surface area contributed by atoms with Gasteiger partial charge in [0.25, 0.3) is 5.91 Å². The fourth-order valence-electron chi connectivity index (χ4n) is 1.73. The molecule has 0 aliphatic heterocycles. The lowest BCUT2D eigenvalue weighted by molar-refractivity contribution is -0.120. The number of halogens is 1. The fraction of sp³-hybridized carbons (Fsp3) is 0.214. The number of carbonyl (C=O) groups is 1. The Labute approximate surface area is 122 Å². The Kier molecular flexibility index (Phi) is 4.01. The lowest BCUT2D eigenvalue weighted by Gasteiger charge is -2.23. The van der Waals surface area contributed by atoms with Crippen LogP contribution in [0, 0.1) is 6.92 Å². The molecule has 0 bridgehead atoms. The van der Waals surface area contributed by atoms with Crippen molar-refractivity contribution in [3.05, 3.63) is 52.8 Å². The summed E-state index contributed by atoms with van der Waals surface area (Å²) in [7, 11) is 0. The van der Waals surface area contributed by atoms with Gasteiger partial charge in [-0.3, -0.25) is 10.1 Å². The van der Waals surface area contributed by atoms with Crippen molar-refractivity contribution in [2.45, 2.75) is 19.4 Å². The lowest BCUT2D eigenvalue weighted by atomic mass is 9.92. The highest BCUT2D eigenvalue weighted by molar-refractivity contribution is 6.29. The number of amides is 1. The highest BCUT2D eigenvalue weighted by Gasteiger charge is 2.31. The number of nitrogens with one attached hydrogen (secondary N) is 1. The van der Waals surface area contributed by atoms with Crippen LogP contribution in [-0.4, -0.2) is 15.9 Å². The van der Waals surface area contributed by atoms with Crippen molar-refractivity contribution in [1.29, 1.82) is 0 Å². The Morgan fingerprint density at radius 3 is 2.55 bits per heavy atom. The summed E-state index contributed by atoms with van der Waals surface area (Å²) in [6.07, 6.45) is 0. The second-order valence-corrected chi connectivity index (χ2v) is 5.07. The minimum absolute atomic E-state index is 0.146. The van der Waals surface area contributed by atoms with Crippen LogP contribution in [0.5, 0.6) is 0 Å². The number of rotatable bonds is 3. The summed E-state index contributed by atoms with van der Waals surface area (Å²) in [5.41, 5.74) is 6.30. The molecule has 0 aliphatic carbocycles. The zero-order valence-corrected chi connectivity index (χ0v) is 12.0. The molecular weight excluding hydrogens is 276 g/mol. The van der Waals surface area contributed by atoms with Crippen molar-refractivity contribution in [3.63, 3.8) is 0 Å². The highest BCUT2D eigenvalue weighted by atomic mass is 35.5. The molecule has 2 rings (SSSR count). The molecule has 2 aromatic rings. The molecule has 1 aromatic heterocycles. The Morgan fingerprint density at radius 1 is 1.30 bits per heavy atom. The van der Waals surface area contributed by atoms with Gasteiger partial charge in [0.1, 0.15) is 10.7 Å². The van der Waals surface area contributed by atoms with Gasteiger partial charge in [0.2, 0.25) is 5.95 Å². The molecule has 6 heteroatoms. The van der Waals surface area contributed by atoms with Gasteiger partial charge in [-0.05, 0) is 25.5 Å². The Morgan fingerprint density at radius 2 is 1.95 bits per heavy atom. The molecule has 1 heterocycles. The number of aromatic nitrogens is 2. The number of benzene rings is 1. The monoisotopic (exact) mass is 290 g/mol. The molecule has 1 atom stereocenters. The zero-order chi connectivity index (χ0) is 14.8. The molecule has 20 heavy (non-hydrogen) atoms. The van der Waals surface area contributed by atoms with Gasteiger partial charge in [-0.15, -0.1) is 0 Å². The zero-order valence-electron chi connectivity index (χ0n) is 11.2. The van der Waals surface area contributed by atoms with Crippen LogP contribution in [0.4, 0.5) is 5.95 Å². The minimum atomic E-state index is -1.18. The third-order valence-corrected chi connectivity index (χ3v) is 3.09. The van der Waals surface area contributed by atoms with Gasteiger partial charge >= 0.3 is 0 Å². The van der Waals surface area contributed by atoms with Crippen LogP contribution in [0.3, 0.4) is 0 Å². The normalized spacial score (nSPS) is 13.6. The number of anilines is 1. The summed E-state index contributed by atoms with van der Waals surface area (Å²) in [5, 5.41) is 2.86. The van der Waals surface area contributed by atoms with E-state index in [-0.39, 0.29) is 11.1 Å². The second-order valence-electron chi connectivity index (χ2n) is 4.68. The third kappa shape index (κ3) is 3.12. The number of carbonyl (C=O) groups excluding carboxylic acids is 1. The molecule has 5 nitrogen and oxygen atoms in total. The molecule has 0 radical (unpaired) electrons. The number of hydrogen-bond donors (Lipinski definition) is 2. The largest absolute Gasteiger partial charge is 0.314 e. The van der Waals surface area contributed by atoms with E-state index in [4.69, 9.17) is 17.3 Å². The highest BCUT2D eigenvalue weighted by Crippen LogP contribution is 2.19. The number of nitrogens with zero attached hydrogens (tertiary/aromatic N) is 2. The molecular formula is C14H15ClN4O. The molecule has 1 unspecified atom stereocenters. The van der Waals surface area contributed by atoms with Gasteiger partial charge in [0.05, 0.1) is 0 Å². The first-order valence-electron chi connectivity index (χ1n) is 6.06. The van der Waals surface area contributed by atoms with Crippen molar-refractivity contribution in [1.82, 2.24) is 9.97 Å². The standard InChI is InChI=1S/C14H15ClN4O/c1-9-8-11(15)18-13(17-9)19-12(20)14(2,16)10-6-4-3-5-7-10/h3-8H,16H2,1-2H3,(H,17,18,19,20). The molecule has 0 saturated heterocycles. The van der Waals surface area contributed by atoms with Crippen LogP contribution in [0.1, 0.15) is 18.2 Å². The van der Waals surface area contributed by atoms with Crippen molar-refractivity contribution in [3.8, 4) is 0 Å². The predicted octanol–water partition coefficient (Wildman–Crippen LogP) is 2.25. The molecule has 0 saturated carbocycles. The van der Waals surface area contributed by atoms with E-state index in [9.17, 15) is 4.79 Å². The molecule has 3 N–H and O–H groups in total. The maximum Gasteiger partial charge on any atom is 0.251 e. The van der Waals surface area contributed by atoms with E-state index in [1.54, 1.807) is 32.0 Å². The average Bonchev–Trinajstić information content (AvgIpc) is 2.38. The van der Waals surface area contributed by atoms with Gasteiger partial charge in [0, 0.05) is 5.69 Å². The molecule has 1 aromatic carbocycles. The maximum atomic E-state index is 12.3. The van der Waals surface area contributed by atoms with E-state index in [0.29, 0.717) is 11.3 Å². The Balaban J connectivity index is 2.23. The second kappa shape index (κ2) is 5.56. The van der Waals surface area contributed by atoms with Gasteiger partial charge in [-0.25, -0.2) is 9.97 Å². The number of hydrogen-bond acceptors (Lipinski definition) is 4. The average molecular weight is 291 g/mol. The quantitative estimate of drug-likeness (QED) is 0.850. The predicted molar refractivity (Wildman–Crippen MR) is 78.4 cm³/mol. The summed E-state index contributed by atoms with van der Waals surface area (Å²) >= 11 is 5.83. The Bertz CT molecular complexity index is 608. The van der Waals surface area contributed by atoms with Crippen LogP contribution in [0.2, 0.25) is 5.15 Å². The third-order valence-electron chi connectivity index (χ3n) is 2.89. The molecule has 0 aliphatic rings.